The summed E-state index contributed by atoms with van der Waals surface area (Å²) in [4.78, 5) is 3.91. The van der Waals surface area contributed by atoms with Crippen LogP contribution in [0, 0.1) is 6.92 Å². The summed E-state index contributed by atoms with van der Waals surface area (Å²) >= 11 is 0. The van der Waals surface area contributed by atoms with E-state index in [2.05, 4.69) is 30.1 Å². The number of nitrogens with two attached hydrogens (primary N) is 1. The van der Waals surface area contributed by atoms with Gasteiger partial charge in [0.25, 0.3) is 0 Å². The van der Waals surface area contributed by atoms with E-state index >= 15 is 0 Å². The number of sulfonamides is 1. The average molecular weight is 271 g/mol. The molecule has 0 saturated carbocycles. The van der Waals surface area contributed by atoms with Crippen molar-refractivity contribution in [2.45, 2.75) is 24.9 Å². The number of hydrogen-bond donors (Lipinski definition) is 4. The van der Waals surface area contributed by atoms with Crippen LogP contribution < -0.4 is 10.5 Å². The van der Waals surface area contributed by atoms with Gasteiger partial charge >= 0.3 is 0 Å². The van der Waals surface area contributed by atoms with Crippen LogP contribution in [0.3, 0.4) is 0 Å². The normalized spacial score (nSPS) is 11.9. The third-order valence-corrected chi connectivity index (χ3v) is 3.92. The Labute approximate surface area is 103 Å². The van der Waals surface area contributed by atoms with E-state index in [0.717, 1.165) is 0 Å². The van der Waals surface area contributed by atoms with Crippen LogP contribution in [0.15, 0.2) is 11.2 Å². The Morgan fingerprint density at radius 1 is 1.44 bits per heavy atom. The van der Waals surface area contributed by atoms with Crippen molar-refractivity contribution in [3.05, 3.63) is 23.5 Å². The first kappa shape index (κ1) is 12.7. The zero-order valence-corrected chi connectivity index (χ0v) is 10.5. The molecule has 0 fully saturated rings. The van der Waals surface area contributed by atoms with Gasteiger partial charge < -0.3 is 5.73 Å². The zero-order valence-electron chi connectivity index (χ0n) is 9.64. The lowest BCUT2D eigenvalue weighted by Gasteiger charge is -2.05. The number of rotatable bonds is 5. The van der Waals surface area contributed by atoms with Crippen LogP contribution in [0.5, 0.6) is 0 Å². The van der Waals surface area contributed by atoms with Gasteiger partial charge in [0.2, 0.25) is 10.0 Å². The third-order valence-electron chi connectivity index (χ3n) is 2.32. The Morgan fingerprint density at radius 3 is 2.83 bits per heavy atom. The summed E-state index contributed by atoms with van der Waals surface area (Å²) in [7, 11) is -3.68. The van der Waals surface area contributed by atoms with Gasteiger partial charge in [0.15, 0.2) is 0 Å². The largest absolute Gasteiger partial charge is 0.325 e. The van der Waals surface area contributed by atoms with E-state index in [1.54, 1.807) is 6.92 Å². The monoisotopic (exact) mass is 271 g/mol. The van der Waals surface area contributed by atoms with Gasteiger partial charge in [-0.3, -0.25) is 10.2 Å². The quantitative estimate of drug-likeness (QED) is 0.536. The Morgan fingerprint density at radius 2 is 2.22 bits per heavy atom. The number of aryl methyl sites for hydroxylation is 1. The van der Waals surface area contributed by atoms with Crippen LogP contribution in [0.25, 0.3) is 0 Å². The second-order valence-electron chi connectivity index (χ2n) is 3.59. The van der Waals surface area contributed by atoms with Gasteiger partial charge in [-0.1, -0.05) is 0 Å². The fourth-order valence-corrected chi connectivity index (χ4v) is 2.87. The first-order chi connectivity index (χ1) is 8.54. The highest BCUT2D eigenvalue weighted by Crippen LogP contribution is 2.16. The molecular formula is C8H13N7O2S. The van der Waals surface area contributed by atoms with Crippen molar-refractivity contribution in [1.29, 1.82) is 0 Å². The van der Waals surface area contributed by atoms with Crippen molar-refractivity contribution in [3.8, 4) is 0 Å². The Balaban J connectivity index is 2.22. The van der Waals surface area contributed by atoms with Crippen LogP contribution in [-0.2, 0) is 23.1 Å². The summed E-state index contributed by atoms with van der Waals surface area (Å²) in [6, 6.07) is 0. The molecule has 9 nitrogen and oxygen atoms in total. The molecule has 5 N–H and O–H groups in total. The fraction of sp³-hybridized carbons (Fsp3) is 0.375. The molecule has 0 bridgehead atoms. The van der Waals surface area contributed by atoms with Crippen LogP contribution >= 0.6 is 0 Å². The summed E-state index contributed by atoms with van der Waals surface area (Å²) in [6.07, 6.45) is 1.30. The molecular weight excluding hydrogens is 258 g/mol. The first-order valence-corrected chi connectivity index (χ1v) is 6.60. The van der Waals surface area contributed by atoms with E-state index in [9.17, 15) is 8.42 Å². The first-order valence-electron chi connectivity index (χ1n) is 5.12. The second kappa shape index (κ2) is 4.84. The number of nitrogens with zero attached hydrogens (tertiary/aromatic N) is 3. The van der Waals surface area contributed by atoms with Crippen molar-refractivity contribution in [3.63, 3.8) is 0 Å². The van der Waals surface area contributed by atoms with Crippen LogP contribution in [0.2, 0.25) is 0 Å². The Hall–Kier alpha value is -1.78. The van der Waals surface area contributed by atoms with Gasteiger partial charge in [0.05, 0.1) is 17.9 Å². The number of aromatic nitrogens is 5. The van der Waals surface area contributed by atoms with Gasteiger partial charge in [-0.15, -0.1) is 0 Å². The molecule has 2 heterocycles. The van der Waals surface area contributed by atoms with Gasteiger partial charge in [0, 0.05) is 6.54 Å². The molecule has 0 unspecified atom stereocenters. The maximum Gasteiger partial charge on any atom is 0.244 e. The summed E-state index contributed by atoms with van der Waals surface area (Å²) in [5, 5.41) is 12.6. The Bertz CT molecular complexity index is 616. The van der Waals surface area contributed by atoms with E-state index in [1.165, 1.54) is 6.33 Å². The second-order valence-corrected chi connectivity index (χ2v) is 5.29. The molecule has 98 valence electrons. The molecule has 0 aliphatic rings. The SMILES string of the molecule is Cc1[nH]nc(CN)c1S(=O)(=O)NCc1ncn[nH]1. The lowest BCUT2D eigenvalue weighted by Crippen LogP contribution is -2.25. The van der Waals surface area contributed by atoms with Crippen molar-refractivity contribution in [2.75, 3.05) is 0 Å². The molecule has 0 aliphatic carbocycles. The minimum absolute atomic E-state index is 0.0248. The van der Waals surface area contributed by atoms with Crippen molar-refractivity contribution >= 4 is 10.0 Å². The van der Waals surface area contributed by atoms with Crippen molar-refractivity contribution in [1.82, 2.24) is 30.1 Å². The zero-order chi connectivity index (χ0) is 13.2. The number of hydrogen-bond acceptors (Lipinski definition) is 6. The predicted molar refractivity (Wildman–Crippen MR) is 61.6 cm³/mol. The molecule has 0 saturated heterocycles. The summed E-state index contributed by atoms with van der Waals surface area (Å²) < 4.78 is 26.6. The fourth-order valence-electron chi connectivity index (χ4n) is 1.52. The molecule has 0 atom stereocenters. The Kier molecular flexibility index (Phi) is 3.41. The maximum atomic E-state index is 12.1. The number of H-pyrrole nitrogens is 2. The number of aromatic amines is 2. The van der Waals surface area contributed by atoms with E-state index in [0.29, 0.717) is 17.2 Å². The topological polar surface area (TPSA) is 142 Å². The molecule has 10 heteroatoms. The van der Waals surface area contributed by atoms with Gasteiger partial charge in [0.1, 0.15) is 17.0 Å². The summed E-state index contributed by atoms with van der Waals surface area (Å²) in [5.74, 6) is 0.425. The van der Waals surface area contributed by atoms with Crippen LogP contribution in [-0.4, -0.2) is 33.8 Å². The highest BCUT2D eigenvalue weighted by molar-refractivity contribution is 7.89. The standard InChI is InChI=1S/C8H13N7O2S/c1-5-8(6(2-9)14-13-5)18(16,17)12-3-7-10-4-11-15-7/h4,12H,2-3,9H2,1H3,(H,13,14)(H,10,11,15). The van der Waals surface area contributed by atoms with Crippen molar-refractivity contribution < 1.29 is 8.42 Å². The lowest BCUT2D eigenvalue weighted by atomic mass is 10.4. The maximum absolute atomic E-state index is 12.1. The van der Waals surface area contributed by atoms with E-state index in [-0.39, 0.29) is 18.0 Å². The average Bonchev–Trinajstić information content (AvgIpc) is 2.95. The van der Waals surface area contributed by atoms with Gasteiger partial charge in [-0.05, 0) is 6.92 Å². The highest BCUT2D eigenvalue weighted by atomic mass is 32.2. The number of nitrogens with one attached hydrogen (secondary N) is 3. The highest BCUT2D eigenvalue weighted by Gasteiger charge is 2.23. The van der Waals surface area contributed by atoms with Crippen molar-refractivity contribution in [2.24, 2.45) is 5.73 Å². The van der Waals surface area contributed by atoms with Crippen LogP contribution in [0.4, 0.5) is 0 Å². The molecule has 0 aromatic carbocycles. The van der Waals surface area contributed by atoms with Gasteiger partial charge in [-0.25, -0.2) is 18.1 Å². The summed E-state index contributed by atoms with van der Waals surface area (Å²) in [5.41, 5.74) is 6.20. The molecule has 0 amide bonds. The summed E-state index contributed by atoms with van der Waals surface area (Å²) in [6.45, 7) is 1.69. The lowest BCUT2D eigenvalue weighted by molar-refractivity contribution is 0.577. The molecule has 0 aliphatic heterocycles. The predicted octanol–water partition coefficient (Wildman–Crippen LogP) is -1.23. The minimum Gasteiger partial charge on any atom is -0.325 e. The van der Waals surface area contributed by atoms with Gasteiger partial charge in [-0.2, -0.15) is 10.2 Å². The molecule has 0 radical (unpaired) electrons. The van der Waals surface area contributed by atoms with E-state index in [1.807, 2.05) is 0 Å². The molecule has 18 heavy (non-hydrogen) atoms. The third kappa shape index (κ3) is 2.39. The minimum atomic E-state index is -3.68. The molecule has 2 aromatic heterocycles. The molecule has 0 spiro atoms. The smallest absolute Gasteiger partial charge is 0.244 e. The molecule has 2 aromatic rings. The van der Waals surface area contributed by atoms with E-state index < -0.39 is 10.0 Å². The van der Waals surface area contributed by atoms with E-state index in [4.69, 9.17) is 5.73 Å². The van der Waals surface area contributed by atoms with Crippen LogP contribution in [0.1, 0.15) is 17.2 Å². The molecule has 2 rings (SSSR count).